The zero-order chi connectivity index (χ0) is 10.4. The highest BCUT2D eigenvalue weighted by Gasteiger charge is 2.38. The zero-order valence-corrected chi connectivity index (χ0v) is 8.27. The predicted octanol–water partition coefficient (Wildman–Crippen LogP) is 1.17. The number of H-pyrrole nitrogens is 1. The number of aromatic nitrogens is 4. The number of anilines is 1. The Morgan fingerprint density at radius 1 is 1.60 bits per heavy atom. The fourth-order valence-corrected chi connectivity index (χ4v) is 1.64. The largest absolute Gasteiger partial charge is 0.383 e. The van der Waals surface area contributed by atoms with Crippen molar-refractivity contribution in [3.63, 3.8) is 0 Å². The van der Waals surface area contributed by atoms with Crippen molar-refractivity contribution in [1.82, 2.24) is 20.3 Å². The van der Waals surface area contributed by atoms with Crippen LogP contribution in [-0.2, 0) is 0 Å². The lowest BCUT2D eigenvalue weighted by molar-refractivity contribution is 0.422. The van der Waals surface area contributed by atoms with Crippen LogP contribution in [0.1, 0.15) is 25.1 Å². The Bertz CT molecular complexity index is 488. The van der Waals surface area contributed by atoms with Gasteiger partial charge in [0.05, 0.1) is 6.20 Å². The molecule has 1 fully saturated rings. The first-order valence-corrected chi connectivity index (χ1v) is 4.88. The first-order valence-electron chi connectivity index (χ1n) is 4.88. The van der Waals surface area contributed by atoms with Crippen molar-refractivity contribution in [2.24, 2.45) is 5.92 Å². The van der Waals surface area contributed by atoms with Crippen molar-refractivity contribution >= 4 is 5.82 Å². The third-order valence-corrected chi connectivity index (χ3v) is 2.78. The van der Waals surface area contributed by atoms with E-state index in [-0.39, 0.29) is 0 Å². The lowest BCUT2D eigenvalue weighted by atomic mass is 10.3. The molecule has 6 nitrogen and oxygen atoms in total. The highest BCUT2D eigenvalue weighted by Crippen LogP contribution is 2.45. The van der Waals surface area contributed by atoms with Crippen LogP contribution in [0, 0.1) is 5.92 Å². The lowest BCUT2D eigenvalue weighted by Crippen LogP contribution is -1.88. The fourth-order valence-electron chi connectivity index (χ4n) is 1.64. The van der Waals surface area contributed by atoms with E-state index in [9.17, 15) is 0 Å². The van der Waals surface area contributed by atoms with E-state index in [1.165, 1.54) is 0 Å². The molecule has 1 saturated carbocycles. The standard InChI is InChI=1S/C9H11N5O/c1-4-2-5(4)8-12-9(15-14-8)6-3-11-13-7(6)10/h3-5H,2H2,1H3,(H3,10,11,13). The number of rotatable bonds is 2. The van der Waals surface area contributed by atoms with Gasteiger partial charge in [-0.2, -0.15) is 10.1 Å². The summed E-state index contributed by atoms with van der Waals surface area (Å²) in [6.07, 6.45) is 2.72. The molecule has 6 heteroatoms. The number of nitrogens with two attached hydrogens (primary N) is 1. The van der Waals surface area contributed by atoms with Gasteiger partial charge in [-0.1, -0.05) is 12.1 Å². The molecule has 0 saturated heterocycles. The molecule has 15 heavy (non-hydrogen) atoms. The third kappa shape index (κ3) is 1.29. The summed E-state index contributed by atoms with van der Waals surface area (Å²) in [7, 11) is 0. The van der Waals surface area contributed by atoms with Crippen LogP contribution < -0.4 is 5.73 Å². The van der Waals surface area contributed by atoms with Crippen molar-refractivity contribution in [2.45, 2.75) is 19.3 Å². The quantitative estimate of drug-likeness (QED) is 0.767. The molecule has 0 aromatic carbocycles. The molecule has 0 spiro atoms. The van der Waals surface area contributed by atoms with Gasteiger partial charge in [-0.25, -0.2) is 0 Å². The lowest BCUT2D eigenvalue weighted by Gasteiger charge is -1.87. The van der Waals surface area contributed by atoms with E-state index in [4.69, 9.17) is 10.3 Å². The van der Waals surface area contributed by atoms with E-state index in [2.05, 4.69) is 27.3 Å². The summed E-state index contributed by atoms with van der Waals surface area (Å²) in [6.45, 7) is 2.17. The Morgan fingerprint density at radius 3 is 3.00 bits per heavy atom. The van der Waals surface area contributed by atoms with Gasteiger partial charge in [0, 0.05) is 5.92 Å². The average molecular weight is 205 g/mol. The number of nitrogens with zero attached hydrogens (tertiary/aromatic N) is 3. The molecule has 0 amide bonds. The molecular weight excluding hydrogens is 194 g/mol. The molecule has 2 atom stereocenters. The van der Waals surface area contributed by atoms with Crippen LogP contribution in [0.4, 0.5) is 5.82 Å². The zero-order valence-electron chi connectivity index (χ0n) is 8.27. The summed E-state index contributed by atoms with van der Waals surface area (Å²) in [6, 6.07) is 0. The first-order chi connectivity index (χ1) is 7.25. The summed E-state index contributed by atoms with van der Waals surface area (Å²) in [5.41, 5.74) is 6.32. The second kappa shape index (κ2) is 2.82. The van der Waals surface area contributed by atoms with Gasteiger partial charge in [0.25, 0.3) is 5.89 Å². The first kappa shape index (κ1) is 8.46. The Hall–Kier alpha value is -1.85. The highest BCUT2D eigenvalue weighted by atomic mass is 16.5. The van der Waals surface area contributed by atoms with Gasteiger partial charge in [-0.15, -0.1) is 0 Å². The normalized spacial score (nSPS) is 24.3. The molecule has 0 radical (unpaired) electrons. The summed E-state index contributed by atoms with van der Waals surface area (Å²) in [5.74, 6) is 2.79. The summed E-state index contributed by atoms with van der Waals surface area (Å²) in [4.78, 5) is 4.31. The van der Waals surface area contributed by atoms with E-state index < -0.39 is 0 Å². The van der Waals surface area contributed by atoms with Gasteiger partial charge < -0.3 is 10.3 Å². The Labute approximate surface area is 85.9 Å². The fraction of sp³-hybridized carbons (Fsp3) is 0.444. The molecule has 3 rings (SSSR count). The molecule has 2 aromatic rings. The minimum atomic E-state index is 0.440. The summed E-state index contributed by atoms with van der Waals surface area (Å²) in [5, 5.41) is 10.4. The maximum absolute atomic E-state index is 5.66. The van der Waals surface area contributed by atoms with Crippen LogP contribution in [0.25, 0.3) is 11.5 Å². The highest BCUT2D eigenvalue weighted by molar-refractivity contribution is 5.65. The van der Waals surface area contributed by atoms with Crippen molar-refractivity contribution < 1.29 is 4.52 Å². The molecule has 1 aliphatic carbocycles. The number of nitrogen functional groups attached to an aromatic ring is 1. The van der Waals surface area contributed by atoms with Crippen LogP contribution in [-0.4, -0.2) is 20.3 Å². The minimum Gasteiger partial charge on any atom is -0.383 e. The monoisotopic (exact) mass is 205 g/mol. The van der Waals surface area contributed by atoms with E-state index in [1.807, 2.05) is 0 Å². The third-order valence-electron chi connectivity index (χ3n) is 2.78. The molecule has 2 unspecified atom stereocenters. The number of hydrogen-bond donors (Lipinski definition) is 2. The van der Waals surface area contributed by atoms with Crippen LogP contribution in [0.5, 0.6) is 0 Å². The average Bonchev–Trinajstić information content (AvgIpc) is 2.69. The van der Waals surface area contributed by atoms with Gasteiger partial charge in [-0.3, -0.25) is 5.10 Å². The van der Waals surface area contributed by atoms with Crippen LogP contribution >= 0.6 is 0 Å². The number of hydrogen-bond acceptors (Lipinski definition) is 5. The van der Waals surface area contributed by atoms with Crippen molar-refractivity contribution in [3.8, 4) is 11.5 Å². The van der Waals surface area contributed by atoms with Crippen LogP contribution in [0.2, 0.25) is 0 Å². The second-order valence-electron chi connectivity index (χ2n) is 3.97. The molecule has 0 aliphatic heterocycles. The van der Waals surface area contributed by atoms with E-state index in [1.54, 1.807) is 6.20 Å². The number of aromatic amines is 1. The van der Waals surface area contributed by atoms with Gasteiger partial charge in [0.15, 0.2) is 5.82 Å². The van der Waals surface area contributed by atoms with Crippen molar-refractivity contribution in [1.29, 1.82) is 0 Å². The summed E-state index contributed by atoms with van der Waals surface area (Å²) >= 11 is 0. The van der Waals surface area contributed by atoms with Gasteiger partial charge in [0.2, 0.25) is 0 Å². The van der Waals surface area contributed by atoms with Crippen molar-refractivity contribution in [3.05, 3.63) is 12.0 Å². The maximum atomic E-state index is 5.66. The summed E-state index contributed by atoms with van der Waals surface area (Å²) < 4.78 is 5.14. The van der Waals surface area contributed by atoms with E-state index >= 15 is 0 Å². The molecular formula is C9H11N5O. The van der Waals surface area contributed by atoms with Crippen molar-refractivity contribution in [2.75, 3.05) is 5.73 Å². The van der Waals surface area contributed by atoms with Crippen LogP contribution in [0.3, 0.4) is 0 Å². The van der Waals surface area contributed by atoms with E-state index in [0.717, 1.165) is 12.2 Å². The maximum Gasteiger partial charge on any atom is 0.263 e. The predicted molar refractivity (Wildman–Crippen MR) is 52.8 cm³/mol. The molecule has 2 aromatic heterocycles. The van der Waals surface area contributed by atoms with E-state index in [0.29, 0.717) is 29.1 Å². The minimum absolute atomic E-state index is 0.440. The van der Waals surface area contributed by atoms with Gasteiger partial charge in [-0.05, 0) is 12.3 Å². The Balaban J connectivity index is 1.94. The topological polar surface area (TPSA) is 93.6 Å². The molecule has 0 bridgehead atoms. The SMILES string of the molecule is CC1CC1c1noc(-c2cn[nH]c2N)n1. The molecule has 78 valence electrons. The molecule has 1 aliphatic rings. The molecule has 3 N–H and O–H groups in total. The van der Waals surface area contributed by atoms with Crippen LogP contribution in [0.15, 0.2) is 10.7 Å². The Morgan fingerprint density at radius 2 is 2.40 bits per heavy atom. The van der Waals surface area contributed by atoms with Gasteiger partial charge in [0.1, 0.15) is 11.4 Å². The molecule has 2 heterocycles. The van der Waals surface area contributed by atoms with Gasteiger partial charge >= 0.3 is 0 Å². The number of nitrogens with one attached hydrogen (secondary N) is 1. The smallest absolute Gasteiger partial charge is 0.263 e. The second-order valence-corrected chi connectivity index (χ2v) is 3.97. The Kier molecular flexibility index (Phi) is 1.59.